The van der Waals surface area contributed by atoms with E-state index in [2.05, 4.69) is 28.9 Å². The number of halogens is 3. The van der Waals surface area contributed by atoms with E-state index in [0.29, 0.717) is 0 Å². The second-order valence-corrected chi connectivity index (χ2v) is 7.24. The number of alkyl halides is 1. The van der Waals surface area contributed by atoms with Crippen molar-refractivity contribution < 1.29 is 0 Å². The molecular weight excluding hydrogens is 339 g/mol. The molecule has 0 N–H and O–H groups in total. The first-order valence-corrected chi connectivity index (χ1v) is 7.57. The summed E-state index contributed by atoms with van der Waals surface area (Å²) < 4.78 is 1.13. The molecular formula is C13H11BrCl2S. The minimum Gasteiger partial charge on any atom is -0.131 e. The van der Waals surface area contributed by atoms with Crippen LogP contribution in [0.3, 0.4) is 0 Å². The summed E-state index contributed by atoms with van der Waals surface area (Å²) in [6, 6.07) is 8.08. The Labute approximate surface area is 124 Å². The van der Waals surface area contributed by atoms with E-state index in [1.165, 1.54) is 5.56 Å². The predicted octanol–water partition coefficient (Wildman–Crippen LogP) is 6.11. The predicted molar refractivity (Wildman–Crippen MR) is 80.6 cm³/mol. The standard InChI is InChI=1S/C13H11BrCl2S/c1-7-3-4-9(10(15)5-7)12(16)11-6-8(2)13(14)17-11/h3-6,12H,1-2H3. The topological polar surface area (TPSA) is 0 Å². The second-order valence-electron chi connectivity index (χ2n) is 3.99. The van der Waals surface area contributed by atoms with Crippen LogP contribution in [0.15, 0.2) is 28.1 Å². The number of hydrogen-bond donors (Lipinski definition) is 0. The van der Waals surface area contributed by atoms with Crippen molar-refractivity contribution in [2.75, 3.05) is 0 Å². The highest BCUT2D eigenvalue weighted by Crippen LogP contribution is 2.40. The summed E-state index contributed by atoms with van der Waals surface area (Å²) in [7, 11) is 0. The fourth-order valence-electron chi connectivity index (χ4n) is 1.60. The van der Waals surface area contributed by atoms with Crippen LogP contribution >= 0.6 is 50.5 Å². The van der Waals surface area contributed by atoms with Gasteiger partial charge in [-0.2, -0.15) is 0 Å². The molecule has 0 saturated carbocycles. The Kier molecular flexibility index (Phi) is 4.19. The third-order valence-electron chi connectivity index (χ3n) is 2.56. The Morgan fingerprint density at radius 3 is 2.47 bits per heavy atom. The first kappa shape index (κ1) is 13.4. The lowest BCUT2D eigenvalue weighted by atomic mass is 10.1. The van der Waals surface area contributed by atoms with Gasteiger partial charge >= 0.3 is 0 Å². The van der Waals surface area contributed by atoms with Gasteiger partial charge in [-0.1, -0.05) is 23.7 Å². The minimum atomic E-state index is -0.182. The van der Waals surface area contributed by atoms with Gasteiger partial charge < -0.3 is 0 Å². The van der Waals surface area contributed by atoms with E-state index in [-0.39, 0.29) is 5.38 Å². The molecule has 0 amide bonds. The van der Waals surface area contributed by atoms with Crippen molar-refractivity contribution in [3.05, 3.63) is 54.6 Å². The van der Waals surface area contributed by atoms with Crippen molar-refractivity contribution in [2.24, 2.45) is 0 Å². The molecule has 2 rings (SSSR count). The van der Waals surface area contributed by atoms with Crippen LogP contribution in [0.25, 0.3) is 0 Å². The monoisotopic (exact) mass is 348 g/mol. The molecule has 1 aromatic heterocycles. The maximum Gasteiger partial charge on any atom is 0.0942 e. The number of aryl methyl sites for hydroxylation is 2. The van der Waals surface area contributed by atoms with Gasteiger partial charge in [0.25, 0.3) is 0 Å². The first-order valence-electron chi connectivity index (χ1n) is 5.15. The Morgan fingerprint density at radius 2 is 1.94 bits per heavy atom. The quantitative estimate of drug-likeness (QED) is 0.574. The number of hydrogen-bond acceptors (Lipinski definition) is 1. The molecule has 0 aliphatic heterocycles. The molecule has 90 valence electrons. The molecule has 0 fully saturated rings. The zero-order valence-electron chi connectivity index (χ0n) is 9.43. The smallest absolute Gasteiger partial charge is 0.0942 e. The summed E-state index contributed by atoms with van der Waals surface area (Å²) >= 11 is 17.9. The molecule has 4 heteroatoms. The molecule has 0 spiro atoms. The Balaban J connectivity index is 2.39. The van der Waals surface area contributed by atoms with Crippen LogP contribution in [0.4, 0.5) is 0 Å². The third-order valence-corrected chi connectivity index (χ3v) is 5.68. The molecule has 1 aromatic carbocycles. The van der Waals surface area contributed by atoms with Gasteiger partial charge in [-0.15, -0.1) is 22.9 Å². The van der Waals surface area contributed by atoms with Crippen molar-refractivity contribution in [3.8, 4) is 0 Å². The van der Waals surface area contributed by atoms with E-state index in [4.69, 9.17) is 23.2 Å². The molecule has 0 saturated heterocycles. The zero-order chi connectivity index (χ0) is 12.6. The lowest BCUT2D eigenvalue weighted by Crippen LogP contribution is -1.92. The summed E-state index contributed by atoms with van der Waals surface area (Å²) in [5.41, 5.74) is 3.32. The lowest BCUT2D eigenvalue weighted by Gasteiger charge is -2.10. The highest BCUT2D eigenvalue weighted by atomic mass is 79.9. The summed E-state index contributed by atoms with van der Waals surface area (Å²) in [4.78, 5) is 1.11. The molecule has 1 unspecified atom stereocenters. The molecule has 1 heterocycles. The van der Waals surface area contributed by atoms with E-state index < -0.39 is 0 Å². The first-order chi connectivity index (χ1) is 7.99. The highest BCUT2D eigenvalue weighted by Gasteiger charge is 2.17. The maximum atomic E-state index is 6.48. The van der Waals surface area contributed by atoms with Crippen LogP contribution in [0.1, 0.15) is 26.9 Å². The number of thiophene rings is 1. The average molecular weight is 350 g/mol. The van der Waals surface area contributed by atoms with E-state index in [1.54, 1.807) is 11.3 Å². The van der Waals surface area contributed by atoms with E-state index in [1.807, 2.05) is 25.1 Å². The van der Waals surface area contributed by atoms with Gasteiger partial charge in [0, 0.05) is 9.90 Å². The van der Waals surface area contributed by atoms with Crippen LogP contribution in [-0.2, 0) is 0 Å². The maximum absolute atomic E-state index is 6.48. The summed E-state index contributed by atoms with van der Waals surface area (Å²) in [5.74, 6) is 0. The molecule has 1 atom stereocenters. The van der Waals surface area contributed by atoms with Crippen LogP contribution in [0.2, 0.25) is 5.02 Å². The van der Waals surface area contributed by atoms with Gasteiger partial charge in [-0.25, -0.2) is 0 Å². The van der Waals surface area contributed by atoms with Crippen LogP contribution in [0, 0.1) is 13.8 Å². The van der Waals surface area contributed by atoms with Gasteiger partial charge in [-0.3, -0.25) is 0 Å². The summed E-state index contributed by atoms with van der Waals surface area (Å²) in [6.07, 6.45) is 0. The van der Waals surface area contributed by atoms with Crippen LogP contribution in [0.5, 0.6) is 0 Å². The fourth-order valence-corrected chi connectivity index (χ4v) is 3.95. The normalized spacial score (nSPS) is 12.8. The molecule has 0 bridgehead atoms. The van der Waals surface area contributed by atoms with Crippen LogP contribution < -0.4 is 0 Å². The Hall–Kier alpha value is -0.0200. The molecule has 0 nitrogen and oxygen atoms in total. The second kappa shape index (κ2) is 5.31. The minimum absolute atomic E-state index is 0.182. The van der Waals surface area contributed by atoms with Crippen LogP contribution in [-0.4, -0.2) is 0 Å². The molecule has 0 aliphatic rings. The highest BCUT2D eigenvalue weighted by molar-refractivity contribution is 9.11. The Morgan fingerprint density at radius 1 is 1.24 bits per heavy atom. The van der Waals surface area contributed by atoms with E-state index in [0.717, 1.165) is 24.8 Å². The fraction of sp³-hybridized carbons (Fsp3) is 0.231. The molecule has 2 aromatic rings. The molecule has 0 radical (unpaired) electrons. The number of rotatable bonds is 2. The van der Waals surface area contributed by atoms with Gasteiger partial charge in [0.15, 0.2) is 0 Å². The molecule has 0 aliphatic carbocycles. The SMILES string of the molecule is Cc1ccc(C(Cl)c2cc(C)c(Br)s2)c(Cl)c1. The van der Waals surface area contributed by atoms with E-state index >= 15 is 0 Å². The third kappa shape index (κ3) is 2.87. The number of benzene rings is 1. The zero-order valence-corrected chi connectivity index (χ0v) is 13.3. The van der Waals surface area contributed by atoms with Crippen molar-refractivity contribution in [1.29, 1.82) is 0 Å². The Bertz CT molecular complexity index is 529. The van der Waals surface area contributed by atoms with E-state index in [9.17, 15) is 0 Å². The van der Waals surface area contributed by atoms with Crippen molar-refractivity contribution in [3.63, 3.8) is 0 Å². The van der Waals surface area contributed by atoms with Gasteiger partial charge in [0.05, 0.1) is 9.16 Å². The van der Waals surface area contributed by atoms with Gasteiger partial charge in [-0.05, 0) is 58.6 Å². The largest absolute Gasteiger partial charge is 0.131 e. The van der Waals surface area contributed by atoms with Crippen molar-refractivity contribution >= 4 is 50.5 Å². The summed E-state index contributed by atoms with van der Waals surface area (Å²) in [5, 5.41) is 0.547. The average Bonchev–Trinajstić information content (AvgIpc) is 2.58. The van der Waals surface area contributed by atoms with Crippen molar-refractivity contribution in [1.82, 2.24) is 0 Å². The van der Waals surface area contributed by atoms with Gasteiger partial charge in [0.2, 0.25) is 0 Å². The molecule has 17 heavy (non-hydrogen) atoms. The van der Waals surface area contributed by atoms with Crippen molar-refractivity contribution in [2.45, 2.75) is 19.2 Å². The van der Waals surface area contributed by atoms with Gasteiger partial charge in [0.1, 0.15) is 0 Å². The lowest BCUT2D eigenvalue weighted by molar-refractivity contribution is 1.17. The summed E-state index contributed by atoms with van der Waals surface area (Å²) in [6.45, 7) is 4.08.